The van der Waals surface area contributed by atoms with E-state index in [-0.39, 0.29) is 0 Å². The molecule has 0 radical (unpaired) electrons. The normalized spacial score (nSPS) is 24.5. The maximum atomic E-state index is 10.0. The van der Waals surface area contributed by atoms with Gasteiger partial charge in [0.15, 0.2) is 0 Å². The second kappa shape index (κ2) is 3.81. The van der Waals surface area contributed by atoms with Crippen molar-refractivity contribution in [2.24, 2.45) is 5.92 Å². The van der Waals surface area contributed by atoms with Crippen molar-refractivity contribution in [2.45, 2.75) is 19.8 Å². The highest BCUT2D eigenvalue weighted by Crippen LogP contribution is 2.30. The summed E-state index contributed by atoms with van der Waals surface area (Å²) in [6.45, 7) is 2.22. The molecule has 0 fully saturated rings. The van der Waals surface area contributed by atoms with Gasteiger partial charge >= 0.3 is 0 Å². The molecule has 0 aromatic carbocycles. The van der Waals surface area contributed by atoms with Gasteiger partial charge in [-0.15, -0.1) is 11.8 Å². The molecule has 1 nitrogen and oxygen atoms in total. The lowest BCUT2D eigenvalue weighted by molar-refractivity contribution is -0.107. The Bertz CT molecular complexity index is 151. The van der Waals surface area contributed by atoms with Crippen LogP contribution in [-0.2, 0) is 4.79 Å². The summed E-state index contributed by atoms with van der Waals surface area (Å²) in [7, 11) is 0. The lowest BCUT2D eigenvalue weighted by Gasteiger charge is -2.04. The fourth-order valence-corrected chi connectivity index (χ4v) is 2.22. The molecule has 0 saturated heterocycles. The van der Waals surface area contributed by atoms with E-state index in [2.05, 4.69) is 12.3 Å². The van der Waals surface area contributed by atoms with Crippen molar-refractivity contribution in [1.29, 1.82) is 0 Å². The Morgan fingerprint density at radius 1 is 1.90 bits per heavy atom. The molecule has 0 N–H and O–H groups in total. The van der Waals surface area contributed by atoms with Crippen molar-refractivity contribution in [2.75, 3.05) is 5.75 Å². The Balaban J connectivity index is 2.32. The van der Waals surface area contributed by atoms with Gasteiger partial charge in [-0.05, 0) is 17.7 Å². The number of allylic oxidation sites excluding steroid dienone is 1. The lowest BCUT2D eigenvalue weighted by atomic mass is 10.0. The third kappa shape index (κ3) is 1.87. The van der Waals surface area contributed by atoms with E-state index in [1.165, 1.54) is 11.3 Å². The third-order valence-electron chi connectivity index (χ3n) is 1.76. The van der Waals surface area contributed by atoms with Gasteiger partial charge in [0.2, 0.25) is 0 Å². The summed E-state index contributed by atoms with van der Waals surface area (Å²) in [5.74, 6) is 1.90. The van der Waals surface area contributed by atoms with E-state index >= 15 is 0 Å². The molecule has 0 aromatic heterocycles. The average Bonchev–Trinajstić information content (AvgIpc) is 2.31. The van der Waals surface area contributed by atoms with E-state index in [0.717, 1.165) is 12.7 Å². The number of carbonyl (C=O) groups is 1. The number of carbonyl (C=O) groups excluding carboxylic acids is 1. The molecule has 1 aliphatic heterocycles. The summed E-state index contributed by atoms with van der Waals surface area (Å²) in [4.78, 5) is 10.0. The second-order valence-corrected chi connectivity index (χ2v) is 3.53. The first-order valence-corrected chi connectivity index (χ1v) is 4.63. The quantitative estimate of drug-likeness (QED) is 0.583. The Kier molecular flexibility index (Phi) is 3.00. The predicted octanol–water partition coefficient (Wildman–Crippen LogP) is 2.23. The Labute approximate surface area is 65.9 Å². The second-order valence-electron chi connectivity index (χ2n) is 2.63. The minimum Gasteiger partial charge on any atom is -0.303 e. The highest BCUT2D eigenvalue weighted by molar-refractivity contribution is 8.02. The fourth-order valence-electron chi connectivity index (χ4n) is 1.05. The zero-order chi connectivity index (χ0) is 7.40. The van der Waals surface area contributed by atoms with Crippen molar-refractivity contribution in [3.63, 3.8) is 0 Å². The number of aldehydes is 1. The molecule has 0 aromatic rings. The van der Waals surface area contributed by atoms with Gasteiger partial charge in [-0.3, -0.25) is 0 Å². The van der Waals surface area contributed by atoms with Crippen LogP contribution in [0.3, 0.4) is 0 Å². The summed E-state index contributed by atoms with van der Waals surface area (Å²) < 4.78 is 0. The SMILES string of the molecule is CC1CSC=C1CCC=O. The number of rotatable bonds is 3. The smallest absolute Gasteiger partial charge is 0.120 e. The number of hydrogen-bond acceptors (Lipinski definition) is 2. The van der Waals surface area contributed by atoms with Crippen LogP contribution in [0.5, 0.6) is 0 Å². The maximum absolute atomic E-state index is 10.0. The highest BCUT2D eigenvalue weighted by atomic mass is 32.2. The summed E-state index contributed by atoms with van der Waals surface area (Å²) in [5.41, 5.74) is 1.46. The van der Waals surface area contributed by atoms with Crippen LogP contribution in [0.1, 0.15) is 19.8 Å². The molecule has 1 heterocycles. The predicted molar refractivity (Wildman–Crippen MR) is 45.0 cm³/mol. The standard InChI is InChI=1S/C8H12OS/c1-7-5-10-6-8(7)3-2-4-9/h4,6-7H,2-3,5H2,1H3. The van der Waals surface area contributed by atoms with Gasteiger partial charge in [-0.25, -0.2) is 0 Å². The summed E-state index contributed by atoms with van der Waals surface area (Å²) in [5, 5.41) is 2.20. The van der Waals surface area contributed by atoms with Crippen molar-refractivity contribution >= 4 is 18.0 Å². The van der Waals surface area contributed by atoms with Crippen LogP contribution in [0.25, 0.3) is 0 Å². The van der Waals surface area contributed by atoms with Gasteiger partial charge < -0.3 is 4.79 Å². The molecule has 56 valence electrons. The Morgan fingerprint density at radius 2 is 2.70 bits per heavy atom. The third-order valence-corrected chi connectivity index (χ3v) is 2.93. The van der Waals surface area contributed by atoms with Crippen LogP contribution in [0.15, 0.2) is 11.0 Å². The molecular weight excluding hydrogens is 144 g/mol. The summed E-state index contributed by atoms with van der Waals surface area (Å²) in [6.07, 6.45) is 2.66. The van der Waals surface area contributed by atoms with E-state index in [1.54, 1.807) is 0 Å². The van der Waals surface area contributed by atoms with Crippen molar-refractivity contribution in [3.8, 4) is 0 Å². The maximum Gasteiger partial charge on any atom is 0.120 e. The minimum absolute atomic E-state index is 0.691. The highest BCUT2D eigenvalue weighted by Gasteiger charge is 2.13. The Morgan fingerprint density at radius 3 is 3.20 bits per heavy atom. The van der Waals surface area contributed by atoms with Crippen LogP contribution in [0, 0.1) is 5.92 Å². The van der Waals surface area contributed by atoms with Gasteiger partial charge in [-0.2, -0.15) is 0 Å². The molecule has 0 amide bonds. The van der Waals surface area contributed by atoms with Crippen LogP contribution < -0.4 is 0 Å². The van der Waals surface area contributed by atoms with E-state index in [1.807, 2.05) is 11.8 Å². The largest absolute Gasteiger partial charge is 0.303 e. The molecule has 1 atom stereocenters. The molecule has 0 bridgehead atoms. The molecule has 1 rings (SSSR count). The van der Waals surface area contributed by atoms with Gasteiger partial charge in [0.05, 0.1) is 0 Å². The van der Waals surface area contributed by atoms with Gasteiger partial charge in [-0.1, -0.05) is 12.5 Å². The molecule has 1 unspecified atom stereocenters. The molecular formula is C8H12OS. The molecule has 0 spiro atoms. The minimum atomic E-state index is 0.691. The van der Waals surface area contributed by atoms with E-state index in [9.17, 15) is 4.79 Å². The fraction of sp³-hybridized carbons (Fsp3) is 0.625. The van der Waals surface area contributed by atoms with Gasteiger partial charge in [0.25, 0.3) is 0 Å². The molecule has 10 heavy (non-hydrogen) atoms. The zero-order valence-corrected chi connectivity index (χ0v) is 6.99. The first-order valence-electron chi connectivity index (χ1n) is 3.58. The average molecular weight is 156 g/mol. The van der Waals surface area contributed by atoms with Gasteiger partial charge in [0, 0.05) is 12.2 Å². The van der Waals surface area contributed by atoms with E-state index < -0.39 is 0 Å². The summed E-state index contributed by atoms with van der Waals surface area (Å²) >= 11 is 1.86. The first kappa shape index (κ1) is 7.86. The Hall–Kier alpha value is -0.240. The number of thioether (sulfide) groups is 1. The van der Waals surface area contributed by atoms with Crippen LogP contribution in [0.2, 0.25) is 0 Å². The van der Waals surface area contributed by atoms with Crippen LogP contribution >= 0.6 is 11.8 Å². The zero-order valence-electron chi connectivity index (χ0n) is 6.17. The molecule has 1 aliphatic rings. The first-order chi connectivity index (χ1) is 4.84. The van der Waals surface area contributed by atoms with Gasteiger partial charge in [0.1, 0.15) is 6.29 Å². The van der Waals surface area contributed by atoms with E-state index in [0.29, 0.717) is 12.3 Å². The van der Waals surface area contributed by atoms with Crippen molar-refractivity contribution in [1.82, 2.24) is 0 Å². The molecule has 0 saturated carbocycles. The van der Waals surface area contributed by atoms with Crippen molar-refractivity contribution in [3.05, 3.63) is 11.0 Å². The van der Waals surface area contributed by atoms with E-state index in [4.69, 9.17) is 0 Å². The lowest BCUT2D eigenvalue weighted by Crippen LogP contribution is -1.96. The molecule has 0 aliphatic carbocycles. The summed E-state index contributed by atoms with van der Waals surface area (Å²) in [6, 6.07) is 0. The van der Waals surface area contributed by atoms with Crippen LogP contribution in [-0.4, -0.2) is 12.0 Å². The number of hydrogen-bond donors (Lipinski definition) is 0. The molecule has 2 heteroatoms. The van der Waals surface area contributed by atoms with Crippen LogP contribution in [0.4, 0.5) is 0 Å². The van der Waals surface area contributed by atoms with Crippen molar-refractivity contribution < 1.29 is 4.79 Å². The topological polar surface area (TPSA) is 17.1 Å². The monoisotopic (exact) mass is 156 g/mol.